The maximum absolute atomic E-state index is 13.3. The van der Waals surface area contributed by atoms with Crippen molar-refractivity contribution < 1.29 is 4.39 Å². The largest absolute Gasteiger partial charge is 0.303 e. The summed E-state index contributed by atoms with van der Waals surface area (Å²) in [4.78, 5) is 2.38. The quantitative estimate of drug-likeness (QED) is 0.677. The molecule has 1 fully saturated rings. The second-order valence-corrected chi connectivity index (χ2v) is 4.11. The van der Waals surface area contributed by atoms with Crippen LogP contribution in [0.5, 0.6) is 0 Å². The third-order valence-electron chi connectivity index (χ3n) is 2.73. The first-order valence-electron chi connectivity index (χ1n) is 6.05. The van der Waals surface area contributed by atoms with Crippen LogP contribution < -0.4 is 0 Å². The Balaban J connectivity index is 0.000000791. The molecule has 1 rings (SSSR count). The summed E-state index contributed by atoms with van der Waals surface area (Å²) in [5, 5.41) is 0. The molecule has 0 N–H and O–H groups in total. The highest BCUT2D eigenvalue weighted by molar-refractivity contribution is 4.81. The molecule has 0 saturated carbocycles. The topological polar surface area (TPSA) is 3.24 Å². The first-order valence-corrected chi connectivity index (χ1v) is 6.05. The number of rotatable bonds is 3. The summed E-state index contributed by atoms with van der Waals surface area (Å²) in [6, 6.07) is 0. The number of nitrogens with zero attached hydrogens (tertiary/aromatic N) is 1. The molecule has 0 aliphatic carbocycles. The Morgan fingerprint density at radius 1 is 1.21 bits per heavy atom. The Labute approximate surface area is 88.7 Å². The maximum atomic E-state index is 13.3. The minimum Gasteiger partial charge on any atom is -0.303 e. The van der Waals surface area contributed by atoms with E-state index in [4.69, 9.17) is 0 Å². The highest BCUT2D eigenvalue weighted by atomic mass is 19.1. The van der Waals surface area contributed by atoms with Gasteiger partial charge in [-0.2, -0.15) is 0 Å². The van der Waals surface area contributed by atoms with Crippen LogP contribution in [0.2, 0.25) is 0 Å². The normalized spacial score (nSPS) is 21.2. The summed E-state index contributed by atoms with van der Waals surface area (Å²) in [7, 11) is 0. The standard InChI is InChI=1S/C10H20FN.C2H6/c1-3-4-7-12-8-5-10(2,11)6-9-12;1-2/h3-9H2,1-2H3;1-2H3. The van der Waals surface area contributed by atoms with Gasteiger partial charge < -0.3 is 4.90 Å². The van der Waals surface area contributed by atoms with Crippen LogP contribution in [0.15, 0.2) is 0 Å². The Bertz CT molecular complexity index is 124. The molecule has 86 valence electrons. The van der Waals surface area contributed by atoms with E-state index >= 15 is 0 Å². The lowest BCUT2D eigenvalue weighted by Crippen LogP contribution is -2.40. The second kappa shape index (κ2) is 7.22. The molecular weight excluding hydrogens is 177 g/mol. The van der Waals surface area contributed by atoms with Gasteiger partial charge in [0.15, 0.2) is 0 Å². The Hall–Kier alpha value is -0.110. The maximum Gasteiger partial charge on any atom is 0.110 e. The van der Waals surface area contributed by atoms with E-state index in [2.05, 4.69) is 11.8 Å². The van der Waals surface area contributed by atoms with Crippen molar-refractivity contribution in [3.05, 3.63) is 0 Å². The van der Waals surface area contributed by atoms with Gasteiger partial charge in [-0.1, -0.05) is 27.2 Å². The fourth-order valence-corrected chi connectivity index (χ4v) is 1.62. The predicted molar refractivity (Wildman–Crippen MR) is 61.4 cm³/mol. The minimum absolute atomic E-state index is 0.719. The molecule has 1 aliphatic heterocycles. The average Bonchev–Trinajstić information content (AvgIpc) is 2.19. The van der Waals surface area contributed by atoms with Crippen LogP contribution in [0, 0.1) is 0 Å². The molecule has 1 nitrogen and oxygen atoms in total. The van der Waals surface area contributed by atoms with Gasteiger partial charge >= 0.3 is 0 Å². The van der Waals surface area contributed by atoms with E-state index in [1.165, 1.54) is 12.8 Å². The van der Waals surface area contributed by atoms with Gasteiger partial charge in [-0.15, -0.1) is 0 Å². The van der Waals surface area contributed by atoms with Crippen molar-refractivity contribution in [3.63, 3.8) is 0 Å². The van der Waals surface area contributed by atoms with Gasteiger partial charge in [0.05, 0.1) is 0 Å². The van der Waals surface area contributed by atoms with Crippen LogP contribution in [0.25, 0.3) is 0 Å². The van der Waals surface area contributed by atoms with E-state index in [9.17, 15) is 4.39 Å². The number of piperidine rings is 1. The zero-order valence-electron chi connectivity index (χ0n) is 10.3. The summed E-state index contributed by atoms with van der Waals surface area (Å²) >= 11 is 0. The molecule has 1 saturated heterocycles. The van der Waals surface area contributed by atoms with E-state index in [1.807, 2.05) is 13.8 Å². The molecule has 2 heteroatoms. The number of alkyl halides is 1. The van der Waals surface area contributed by atoms with Crippen molar-refractivity contribution in [1.29, 1.82) is 0 Å². The van der Waals surface area contributed by atoms with Crippen LogP contribution in [-0.4, -0.2) is 30.2 Å². The molecule has 0 radical (unpaired) electrons. The monoisotopic (exact) mass is 203 g/mol. The van der Waals surface area contributed by atoms with Crippen molar-refractivity contribution >= 4 is 0 Å². The van der Waals surface area contributed by atoms with Crippen LogP contribution in [0.4, 0.5) is 4.39 Å². The lowest BCUT2D eigenvalue weighted by atomic mass is 9.95. The number of unbranched alkanes of at least 4 members (excludes halogenated alkanes) is 1. The highest BCUT2D eigenvalue weighted by Crippen LogP contribution is 2.25. The second-order valence-electron chi connectivity index (χ2n) is 4.11. The molecule has 0 bridgehead atoms. The molecule has 0 aromatic heterocycles. The number of hydrogen-bond acceptors (Lipinski definition) is 1. The minimum atomic E-state index is -0.886. The van der Waals surface area contributed by atoms with Crippen LogP contribution in [-0.2, 0) is 0 Å². The number of hydrogen-bond donors (Lipinski definition) is 0. The molecule has 1 aliphatic rings. The molecule has 14 heavy (non-hydrogen) atoms. The SMILES string of the molecule is CC.CCCCN1CCC(C)(F)CC1. The van der Waals surface area contributed by atoms with Gasteiger partial charge in [-0.05, 0) is 32.7 Å². The third kappa shape index (κ3) is 5.58. The van der Waals surface area contributed by atoms with Crippen molar-refractivity contribution in [3.8, 4) is 0 Å². The van der Waals surface area contributed by atoms with Crippen LogP contribution >= 0.6 is 0 Å². The molecule has 0 amide bonds. The first kappa shape index (κ1) is 13.9. The van der Waals surface area contributed by atoms with Crippen LogP contribution in [0.3, 0.4) is 0 Å². The van der Waals surface area contributed by atoms with E-state index in [0.29, 0.717) is 0 Å². The van der Waals surface area contributed by atoms with Gasteiger partial charge in [0.2, 0.25) is 0 Å². The molecule has 0 spiro atoms. The molecule has 0 aromatic rings. The van der Waals surface area contributed by atoms with Crippen molar-refractivity contribution in [2.45, 2.75) is 59.0 Å². The van der Waals surface area contributed by atoms with Gasteiger partial charge in [0.25, 0.3) is 0 Å². The first-order chi connectivity index (χ1) is 6.64. The van der Waals surface area contributed by atoms with E-state index in [1.54, 1.807) is 6.92 Å². The molecule has 0 aromatic carbocycles. The van der Waals surface area contributed by atoms with Crippen molar-refractivity contribution in [2.75, 3.05) is 19.6 Å². The average molecular weight is 203 g/mol. The summed E-state index contributed by atoms with van der Waals surface area (Å²) in [6.45, 7) is 11.0. The Kier molecular flexibility index (Phi) is 7.16. The fourth-order valence-electron chi connectivity index (χ4n) is 1.62. The lowest BCUT2D eigenvalue weighted by molar-refractivity contribution is 0.0735. The zero-order valence-corrected chi connectivity index (χ0v) is 10.3. The zero-order chi connectivity index (χ0) is 11.0. The van der Waals surface area contributed by atoms with Crippen molar-refractivity contribution in [2.24, 2.45) is 0 Å². The van der Waals surface area contributed by atoms with Crippen molar-refractivity contribution in [1.82, 2.24) is 4.90 Å². The molecular formula is C12H26FN. The summed E-state index contributed by atoms with van der Waals surface area (Å²) < 4.78 is 13.3. The molecule has 0 atom stereocenters. The Morgan fingerprint density at radius 3 is 2.14 bits per heavy atom. The molecule has 1 heterocycles. The Morgan fingerprint density at radius 2 is 1.71 bits per heavy atom. The van der Waals surface area contributed by atoms with Crippen LogP contribution in [0.1, 0.15) is 53.4 Å². The van der Waals surface area contributed by atoms with Gasteiger partial charge in [-0.25, -0.2) is 4.39 Å². The summed E-state index contributed by atoms with van der Waals surface area (Å²) in [5.41, 5.74) is -0.886. The van der Waals surface area contributed by atoms with Gasteiger partial charge in [0.1, 0.15) is 5.67 Å². The van der Waals surface area contributed by atoms with Gasteiger partial charge in [-0.3, -0.25) is 0 Å². The predicted octanol–water partition coefficient (Wildman–Crippen LogP) is 3.64. The summed E-state index contributed by atoms with van der Waals surface area (Å²) in [5.74, 6) is 0. The summed E-state index contributed by atoms with van der Waals surface area (Å²) in [6.07, 6.45) is 3.93. The third-order valence-corrected chi connectivity index (χ3v) is 2.73. The van der Waals surface area contributed by atoms with Gasteiger partial charge in [0, 0.05) is 13.1 Å². The number of likely N-dealkylation sites (tertiary alicyclic amines) is 1. The molecule has 0 unspecified atom stereocenters. The van der Waals surface area contributed by atoms with E-state index in [0.717, 1.165) is 32.5 Å². The highest BCUT2D eigenvalue weighted by Gasteiger charge is 2.28. The smallest absolute Gasteiger partial charge is 0.110 e. The number of halogens is 1. The lowest BCUT2D eigenvalue weighted by Gasteiger charge is -2.34. The fraction of sp³-hybridized carbons (Fsp3) is 1.00. The van der Waals surface area contributed by atoms with E-state index < -0.39 is 5.67 Å². The van der Waals surface area contributed by atoms with E-state index in [-0.39, 0.29) is 0 Å².